The second-order valence-electron chi connectivity index (χ2n) is 10.2. The molecule has 1 saturated heterocycles. The van der Waals surface area contributed by atoms with E-state index < -0.39 is 17.3 Å². The number of amides is 2. The van der Waals surface area contributed by atoms with Crippen molar-refractivity contribution in [3.63, 3.8) is 0 Å². The Morgan fingerprint density at radius 3 is 2.57 bits per heavy atom. The predicted octanol–water partition coefficient (Wildman–Crippen LogP) is 5.04. The van der Waals surface area contributed by atoms with E-state index in [1.54, 1.807) is 4.90 Å². The van der Waals surface area contributed by atoms with Crippen LogP contribution in [0.25, 0.3) is 0 Å². The Balaban J connectivity index is 1.55. The maximum atomic E-state index is 13.8. The number of ether oxygens (including phenoxy) is 1. The SMILES string of the molecule is COC(=O)[C@]12CCCCC=C1N(CCc1ccc(Cl)cc1)C(=O)[C@@H]2CC(=O)NCC1CCCCC1. The molecule has 1 heterocycles. The molecule has 0 radical (unpaired) electrons. The third kappa shape index (κ3) is 5.58. The maximum absolute atomic E-state index is 13.8. The van der Waals surface area contributed by atoms with E-state index in [0.29, 0.717) is 36.9 Å². The number of nitrogens with zero attached hydrogens (tertiary/aromatic N) is 1. The van der Waals surface area contributed by atoms with Gasteiger partial charge in [0, 0.05) is 30.2 Å². The van der Waals surface area contributed by atoms with Crippen LogP contribution in [0.2, 0.25) is 5.02 Å². The predicted molar refractivity (Wildman–Crippen MR) is 136 cm³/mol. The summed E-state index contributed by atoms with van der Waals surface area (Å²) in [7, 11) is 1.38. The van der Waals surface area contributed by atoms with Gasteiger partial charge in [0.1, 0.15) is 5.41 Å². The molecule has 7 heteroatoms. The van der Waals surface area contributed by atoms with Gasteiger partial charge in [-0.15, -0.1) is 0 Å². The Bertz CT molecular complexity index is 954. The number of fused-ring (bicyclic) bond motifs is 1. The smallest absolute Gasteiger partial charge is 0.318 e. The lowest BCUT2D eigenvalue weighted by Crippen LogP contribution is -2.42. The van der Waals surface area contributed by atoms with Gasteiger partial charge in [0.05, 0.1) is 13.0 Å². The van der Waals surface area contributed by atoms with Crippen LogP contribution in [0.3, 0.4) is 0 Å². The number of rotatable bonds is 8. The molecule has 190 valence electrons. The van der Waals surface area contributed by atoms with Gasteiger partial charge in [-0.25, -0.2) is 0 Å². The van der Waals surface area contributed by atoms with Crippen molar-refractivity contribution in [2.45, 2.75) is 70.6 Å². The standard InChI is InChI=1S/C28H37ClN2O4/c1-35-27(34)28-16-7-3-6-10-24(28)31(17-15-20-11-13-22(29)14-12-20)26(33)23(28)18-25(32)30-19-21-8-4-2-5-9-21/h10-14,21,23H,2-9,15-19H2,1H3,(H,30,32)/t23-,28-/m0/s1. The Morgan fingerprint density at radius 2 is 1.86 bits per heavy atom. The zero-order chi connectivity index (χ0) is 24.8. The molecule has 0 aromatic heterocycles. The van der Waals surface area contributed by atoms with Gasteiger partial charge in [-0.2, -0.15) is 0 Å². The van der Waals surface area contributed by atoms with Crippen molar-refractivity contribution >= 4 is 29.4 Å². The summed E-state index contributed by atoms with van der Waals surface area (Å²) in [5.74, 6) is -0.939. The van der Waals surface area contributed by atoms with Crippen molar-refractivity contribution in [3.05, 3.63) is 46.6 Å². The summed E-state index contributed by atoms with van der Waals surface area (Å²) in [6.07, 6.45) is 11.7. The van der Waals surface area contributed by atoms with Crippen LogP contribution < -0.4 is 5.32 Å². The maximum Gasteiger partial charge on any atom is 0.318 e. The first-order chi connectivity index (χ1) is 17.0. The van der Waals surface area contributed by atoms with E-state index in [1.807, 2.05) is 30.3 Å². The Hall–Kier alpha value is -2.34. The number of hydrogen-bond acceptors (Lipinski definition) is 4. The fourth-order valence-electron chi connectivity index (χ4n) is 6.14. The molecule has 1 N–H and O–H groups in total. The summed E-state index contributed by atoms with van der Waals surface area (Å²) < 4.78 is 5.28. The number of allylic oxidation sites excluding steroid dienone is 1. The van der Waals surface area contributed by atoms with Crippen LogP contribution >= 0.6 is 11.6 Å². The van der Waals surface area contributed by atoms with E-state index in [9.17, 15) is 14.4 Å². The number of carbonyl (C=O) groups is 3. The van der Waals surface area contributed by atoms with Crippen molar-refractivity contribution in [1.82, 2.24) is 10.2 Å². The first-order valence-corrected chi connectivity index (χ1v) is 13.4. The number of esters is 1. The minimum Gasteiger partial charge on any atom is -0.468 e. The molecule has 4 rings (SSSR count). The van der Waals surface area contributed by atoms with Crippen LogP contribution in [-0.2, 0) is 25.5 Å². The van der Waals surface area contributed by atoms with Crippen molar-refractivity contribution in [3.8, 4) is 0 Å². The van der Waals surface area contributed by atoms with Crippen molar-refractivity contribution in [1.29, 1.82) is 0 Å². The number of methoxy groups -OCH3 is 1. The molecule has 35 heavy (non-hydrogen) atoms. The number of nitrogens with one attached hydrogen (secondary N) is 1. The van der Waals surface area contributed by atoms with Gasteiger partial charge >= 0.3 is 5.97 Å². The molecular weight excluding hydrogens is 464 g/mol. The van der Waals surface area contributed by atoms with Gasteiger partial charge in [-0.1, -0.05) is 55.5 Å². The van der Waals surface area contributed by atoms with Gasteiger partial charge in [-0.3, -0.25) is 14.4 Å². The van der Waals surface area contributed by atoms with Crippen molar-refractivity contribution in [2.75, 3.05) is 20.2 Å². The molecular formula is C28H37ClN2O4. The molecule has 1 saturated carbocycles. The summed E-state index contributed by atoms with van der Waals surface area (Å²) in [6.45, 7) is 1.10. The van der Waals surface area contributed by atoms with Gasteiger partial charge in [0.15, 0.2) is 0 Å². The Morgan fingerprint density at radius 1 is 1.11 bits per heavy atom. The Kier molecular flexibility index (Phi) is 8.53. The topological polar surface area (TPSA) is 75.7 Å². The third-order valence-electron chi connectivity index (χ3n) is 8.06. The molecule has 2 fully saturated rings. The van der Waals surface area contributed by atoms with Crippen LogP contribution in [0.5, 0.6) is 0 Å². The molecule has 3 aliphatic rings. The minimum absolute atomic E-state index is 0.00936. The fraction of sp³-hybridized carbons (Fsp3) is 0.607. The van der Waals surface area contributed by atoms with E-state index in [1.165, 1.54) is 26.4 Å². The van der Waals surface area contributed by atoms with Crippen molar-refractivity contribution < 1.29 is 19.1 Å². The second-order valence-corrected chi connectivity index (χ2v) is 10.7. The highest BCUT2D eigenvalue weighted by molar-refractivity contribution is 6.30. The summed E-state index contributed by atoms with van der Waals surface area (Å²) in [5.41, 5.74) is 0.699. The first-order valence-electron chi connectivity index (χ1n) is 13.1. The molecule has 1 aliphatic heterocycles. The molecule has 0 unspecified atom stereocenters. The van der Waals surface area contributed by atoms with E-state index in [4.69, 9.17) is 16.3 Å². The van der Waals surface area contributed by atoms with Gasteiger partial charge in [-0.05, 0) is 62.1 Å². The zero-order valence-electron chi connectivity index (χ0n) is 20.7. The van der Waals surface area contributed by atoms with Gasteiger partial charge in [0.25, 0.3) is 0 Å². The number of halogens is 1. The molecule has 2 amide bonds. The number of hydrogen-bond donors (Lipinski definition) is 1. The normalized spacial score (nSPS) is 25.0. The van der Waals surface area contributed by atoms with E-state index in [0.717, 1.165) is 43.4 Å². The van der Waals surface area contributed by atoms with Crippen molar-refractivity contribution in [2.24, 2.45) is 17.3 Å². The first kappa shape index (κ1) is 25.7. The highest BCUT2D eigenvalue weighted by Crippen LogP contribution is 2.53. The number of likely N-dealkylation sites (tertiary alicyclic amines) is 1. The van der Waals surface area contributed by atoms with E-state index in [2.05, 4.69) is 5.32 Å². The summed E-state index contributed by atoms with van der Waals surface area (Å²) in [5, 5.41) is 3.74. The lowest BCUT2D eigenvalue weighted by Gasteiger charge is -2.31. The lowest BCUT2D eigenvalue weighted by atomic mass is 9.71. The molecule has 1 aromatic carbocycles. The van der Waals surface area contributed by atoms with Gasteiger partial charge < -0.3 is 15.0 Å². The summed E-state index contributed by atoms with van der Waals surface area (Å²) >= 11 is 6.02. The van der Waals surface area contributed by atoms with E-state index >= 15 is 0 Å². The highest BCUT2D eigenvalue weighted by Gasteiger charge is 2.61. The minimum atomic E-state index is -1.09. The summed E-state index contributed by atoms with van der Waals surface area (Å²) in [6, 6.07) is 7.58. The molecule has 0 spiro atoms. The monoisotopic (exact) mass is 500 g/mol. The average molecular weight is 501 g/mol. The lowest BCUT2D eigenvalue weighted by molar-refractivity contribution is -0.155. The molecule has 1 aromatic rings. The molecule has 0 bridgehead atoms. The molecule has 2 aliphatic carbocycles. The Labute approximate surface area is 213 Å². The van der Waals surface area contributed by atoms with Crippen LogP contribution in [-0.4, -0.2) is 42.9 Å². The molecule has 2 atom stereocenters. The zero-order valence-corrected chi connectivity index (χ0v) is 21.4. The second kappa shape index (κ2) is 11.6. The number of benzene rings is 1. The van der Waals surface area contributed by atoms with Crippen LogP contribution in [0.1, 0.15) is 69.8 Å². The quantitative estimate of drug-likeness (QED) is 0.507. The van der Waals surface area contributed by atoms with Crippen LogP contribution in [0.15, 0.2) is 36.0 Å². The largest absolute Gasteiger partial charge is 0.468 e. The highest BCUT2D eigenvalue weighted by atomic mass is 35.5. The van der Waals surface area contributed by atoms with Gasteiger partial charge in [0.2, 0.25) is 11.8 Å². The summed E-state index contributed by atoms with van der Waals surface area (Å²) in [4.78, 5) is 41.9. The van der Waals surface area contributed by atoms with Crippen LogP contribution in [0.4, 0.5) is 0 Å². The van der Waals surface area contributed by atoms with E-state index in [-0.39, 0.29) is 18.2 Å². The third-order valence-corrected chi connectivity index (χ3v) is 8.31. The average Bonchev–Trinajstić information content (AvgIpc) is 3.00. The fourth-order valence-corrected chi connectivity index (χ4v) is 6.27. The van der Waals surface area contributed by atoms with Crippen LogP contribution in [0, 0.1) is 17.3 Å². The molecule has 6 nitrogen and oxygen atoms in total. The number of carbonyl (C=O) groups excluding carboxylic acids is 3.